The van der Waals surface area contributed by atoms with Crippen molar-refractivity contribution in [1.82, 2.24) is 10.3 Å². The number of nitrogens with zero attached hydrogens (tertiary/aromatic N) is 2. The SMILES string of the molecule is CCC(NC(=O)CCc1ccc(N(C)C)cc1)c1cccc(C)n1. The van der Waals surface area contributed by atoms with E-state index in [1.54, 1.807) is 0 Å². The molecule has 0 bridgehead atoms. The van der Waals surface area contributed by atoms with Crippen LogP contribution in [0.1, 0.15) is 42.8 Å². The smallest absolute Gasteiger partial charge is 0.220 e. The van der Waals surface area contributed by atoms with Gasteiger partial charge in [-0.2, -0.15) is 0 Å². The van der Waals surface area contributed by atoms with Gasteiger partial charge in [-0.15, -0.1) is 0 Å². The number of nitrogens with one attached hydrogen (secondary N) is 1. The molecule has 1 N–H and O–H groups in total. The highest BCUT2D eigenvalue weighted by molar-refractivity contribution is 5.76. The molecule has 24 heavy (non-hydrogen) atoms. The fraction of sp³-hybridized carbons (Fsp3) is 0.400. The molecule has 0 radical (unpaired) electrons. The van der Waals surface area contributed by atoms with Crippen LogP contribution in [-0.4, -0.2) is 25.0 Å². The van der Waals surface area contributed by atoms with Crippen LogP contribution in [-0.2, 0) is 11.2 Å². The van der Waals surface area contributed by atoms with Crippen molar-refractivity contribution < 1.29 is 4.79 Å². The number of aryl methyl sites for hydroxylation is 2. The van der Waals surface area contributed by atoms with E-state index in [2.05, 4.69) is 46.4 Å². The lowest BCUT2D eigenvalue weighted by atomic mass is 10.1. The zero-order valence-corrected chi connectivity index (χ0v) is 15.0. The van der Waals surface area contributed by atoms with Crippen molar-refractivity contribution >= 4 is 11.6 Å². The van der Waals surface area contributed by atoms with Crippen molar-refractivity contribution in [3.8, 4) is 0 Å². The summed E-state index contributed by atoms with van der Waals surface area (Å²) in [5, 5.41) is 3.10. The maximum atomic E-state index is 12.3. The van der Waals surface area contributed by atoms with Gasteiger partial charge in [-0.3, -0.25) is 9.78 Å². The summed E-state index contributed by atoms with van der Waals surface area (Å²) in [6, 6.07) is 14.2. The lowest BCUT2D eigenvalue weighted by molar-refractivity contribution is -0.121. The van der Waals surface area contributed by atoms with Gasteiger partial charge in [0.1, 0.15) is 0 Å². The second-order valence-corrected chi connectivity index (χ2v) is 6.29. The van der Waals surface area contributed by atoms with Crippen LogP contribution in [0.15, 0.2) is 42.5 Å². The number of amides is 1. The third-order valence-corrected chi connectivity index (χ3v) is 4.10. The Bertz CT molecular complexity index is 665. The summed E-state index contributed by atoms with van der Waals surface area (Å²) in [6.07, 6.45) is 2.07. The molecule has 1 amide bonds. The molecule has 0 saturated carbocycles. The van der Waals surface area contributed by atoms with Crippen LogP contribution in [0.3, 0.4) is 0 Å². The Morgan fingerprint density at radius 1 is 1.17 bits per heavy atom. The molecule has 2 aromatic rings. The molecule has 0 aliphatic heterocycles. The van der Waals surface area contributed by atoms with Crippen molar-refractivity contribution in [2.75, 3.05) is 19.0 Å². The number of rotatable bonds is 7. The van der Waals surface area contributed by atoms with Gasteiger partial charge < -0.3 is 10.2 Å². The zero-order valence-electron chi connectivity index (χ0n) is 15.0. The Morgan fingerprint density at radius 2 is 1.88 bits per heavy atom. The first-order chi connectivity index (χ1) is 11.5. The fourth-order valence-corrected chi connectivity index (χ4v) is 2.63. The zero-order chi connectivity index (χ0) is 17.5. The quantitative estimate of drug-likeness (QED) is 0.845. The molecule has 128 valence electrons. The number of hydrogen-bond acceptors (Lipinski definition) is 3. The first kappa shape index (κ1) is 18.0. The maximum Gasteiger partial charge on any atom is 0.220 e. The Hall–Kier alpha value is -2.36. The number of anilines is 1. The van der Waals surface area contributed by atoms with E-state index in [0.717, 1.165) is 24.2 Å². The molecule has 0 aliphatic rings. The van der Waals surface area contributed by atoms with Gasteiger partial charge >= 0.3 is 0 Å². The van der Waals surface area contributed by atoms with E-state index in [1.165, 1.54) is 11.3 Å². The van der Waals surface area contributed by atoms with Crippen LogP contribution in [0.5, 0.6) is 0 Å². The first-order valence-corrected chi connectivity index (χ1v) is 8.48. The van der Waals surface area contributed by atoms with Crippen molar-refractivity contribution in [3.05, 3.63) is 59.4 Å². The molecule has 1 aromatic heterocycles. The predicted molar refractivity (Wildman–Crippen MR) is 99.2 cm³/mol. The molecule has 1 heterocycles. The van der Waals surface area contributed by atoms with Gasteiger partial charge in [0.25, 0.3) is 0 Å². The van der Waals surface area contributed by atoms with E-state index in [-0.39, 0.29) is 11.9 Å². The molecule has 1 unspecified atom stereocenters. The van der Waals surface area contributed by atoms with Crippen LogP contribution in [0.4, 0.5) is 5.69 Å². The minimum atomic E-state index is -0.0199. The lowest BCUT2D eigenvalue weighted by Gasteiger charge is -2.17. The minimum Gasteiger partial charge on any atom is -0.378 e. The van der Waals surface area contributed by atoms with Crippen LogP contribution < -0.4 is 10.2 Å². The van der Waals surface area contributed by atoms with Crippen molar-refractivity contribution in [2.45, 2.75) is 39.2 Å². The number of hydrogen-bond donors (Lipinski definition) is 1. The van der Waals surface area contributed by atoms with Gasteiger partial charge in [-0.1, -0.05) is 25.1 Å². The van der Waals surface area contributed by atoms with Gasteiger partial charge in [0, 0.05) is 31.9 Å². The van der Waals surface area contributed by atoms with Gasteiger partial charge in [0.05, 0.1) is 11.7 Å². The number of carbonyl (C=O) groups excluding carboxylic acids is 1. The van der Waals surface area contributed by atoms with Crippen LogP contribution in [0.25, 0.3) is 0 Å². The molecule has 1 aromatic carbocycles. The van der Waals surface area contributed by atoms with Crippen LogP contribution in [0, 0.1) is 6.92 Å². The topological polar surface area (TPSA) is 45.2 Å². The normalized spacial score (nSPS) is 11.8. The number of benzene rings is 1. The lowest BCUT2D eigenvalue weighted by Crippen LogP contribution is -2.29. The molecule has 2 rings (SSSR count). The van der Waals surface area contributed by atoms with Gasteiger partial charge in [-0.05, 0) is 49.6 Å². The third kappa shape index (κ3) is 5.08. The third-order valence-electron chi connectivity index (χ3n) is 4.10. The largest absolute Gasteiger partial charge is 0.378 e. The maximum absolute atomic E-state index is 12.3. The molecule has 4 heteroatoms. The number of pyridine rings is 1. The molecule has 0 saturated heterocycles. The second-order valence-electron chi connectivity index (χ2n) is 6.29. The van der Waals surface area contributed by atoms with Crippen LogP contribution >= 0.6 is 0 Å². The van der Waals surface area contributed by atoms with E-state index in [1.807, 2.05) is 39.2 Å². The van der Waals surface area contributed by atoms with Gasteiger partial charge in [-0.25, -0.2) is 0 Å². The molecule has 0 spiro atoms. The standard InChI is InChI=1S/C20H27N3O/c1-5-18(19-8-6-7-15(2)21-19)22-20(24)14-11-16-9-12-17(13-10-16)23(3)4/h6-10,12-13,18H,5,11,14H2,1-4H3,(H,22,24). The number of aromatic nitrogens is 1. The fourth-order valence-electron chi connectivity index (χ4n) is 2.63. The van der Waals surface area contributed by atoms with Crippen LogP contribution in [0.2, 0.25) is 0 Å². The van der Waals surface area contributed by atoms with E-state index in [4.69, 9.17) is 0 Å². The Morgan fingerprint density at radius 3 is 2.46 bits per heavy atom. The second kappa shape index (κ2) is 8.48. The predicted octanol–water partition coefficient (Wildman–Crippen LogP) is 3.66. The number of carbonyl (C=O) groups is 1. The molecule has 4 nitrogen and oxygen atoms in total. The average Bonchev–Trinajstić information content (AvgIpc) is 2.58. The molecular formula is C20H27N3O. The van der Waals surface area contributed by atoms with Crippen molar-refractivity contribution in [1.29, 1.82) is 0 Å². The molecule has 0 aliphatic carbocycles. The first-order valence-electron chi connectivity index (χ1n) is 8.48. The summed E-state index contributed by atoms with van der Waals surface area (Å²) in [7, 11) is 4.04. The Balaban J connectivity index is 1.89. The summed E-state index contributed by atoms with van der Waals surface area (Å²) < 4.78 is 0. The summed E-state index contributed by atoms with van der Waals surface area (Å²) in [4.78, 5) is 18.9. The Kier molecular flexibility index (Phi) is 6.36. The molecule has 1 atom stereocenters. The average molecular weight is 325 g/mol. The summed E-state index contributed by atoms with van der Waals surface area (Å²) in [5.74, 6) is 0.0712. The van der Waals surface area contributed by atoms with E-state index in [0.29, 0.717) is 6.42 Å². The summed E-state index contributed by atoms with van der Waals surface area (Å²) in [6.45, 7) is 4.03. The molecule has 0 fully saturated rings. The van der Waals surface area contributed by atoms with Crippen molar-refractivity contribution in [3.63, 3.8) is 0 Å². The Labute approximate surface area is 144 Å². The highest BCUT2D eigenvalue weighted by atomic mass is 16.1. The highest BCUT2D eigenvalue weighted by Crippen LogP contribution is 2.16. The van der Waals surface area contributed by atoms with Gasteiger partial charge in [0.15, 0.2) is 0 Å². The highest BCUT2D eigenvalue weighted by Gasteiger charge is 2.14. The van der Waals surface area contributed by atoms with Gasteiger partial charge in [0.2, 0.25) is 5.91 Å². The van der Waals surface area contributed by atoms with Crippen molar-refractivity contribution in [2.24, 2.45) is 0 Å². The summed E-state index contributed by atoms with van der Waals surface area (Å²) in [5.41, 5.74) is 4.25. The summed E-state index contributed by atoms with van der Waals surface area (Å²) >= 11 is 0. The van der Waals surface area contributed by atoms with E-state index >= 15 is 0 Å². The van der Waals surface area contributed by atoms with E-state index < -0.39 is 0 Å². The van der Waals surface area contributed by atoms with E-state index in [9.17, 15) is 4.79 Å². The molecular weight excluding hydrogens is 298 g/mol. The monoisotopic (exact) mass is 325 g/mol. The minimum absolute atomic E-state index is 0.0199.